The third-order valence-electron chi connectivity index (χ3n) is 5.54. The summed E-state index contributed by atoms with van der Waals surface area (Å²) >= 11 is 0. The molecule has 1 N–H and O–H groups in total. The van der Waals surface area contributed by atoms with Crippen molar-refractivity contribution < 1.29 is 19.2 Å². The Morgan fingerprint density at radius 3 is 2.67 bits per heavy atom. The van der Waals surface area contributed by atoms with Crippen LogP contribution in [0.3, 0.4) is 0 Å². The van der Waals surface area contributed by atoms with Gasteiger partial charge >= 0.3 is 0 Å². The number of fused-ring (bicyclic) bond motifs is 1. The summed E-state index contributed by atoms with van der Waals surface area (Å²) < 4.78 is 11.3. The average Bonchev–Trinajstić information content (AvgIpc) is 3.07. The first-order valence-electron chi connectivity index (χ1n) is 10.4. The number of benzene rings is 1. The molecule has 150 valence electrons. The molecule has 0 aliphatic carbocycles. The first kappa shape index (κ1) is 20.0. The molecule has 0 bridgehead atoms. The number of nitrogens with zero attached hydrogens (tertiary/aromatic N) is 1. The van der Waals surface area contributed by atoms with E-state index in [2.05, 4.69) is 38.7 Å². The Labute approximate surface area is 163 Å². The number of quaternary nitrogens is 1. The molecular weight excluding hydrogens is 340 g/mol. The molecule has 1 unspecified atom stereocenters. The predicted molar refractivity (Wildman–Crippen MR) is 106 cm³/mol. The van der Waals surface area contributed by atoms with Crippen molar-refractivity contribution in [2.75, 3.05) is 32.8 Å². The molecule has 3 rings (SSSR count). The molecule has 2 aliphatic rings. The van der Waals surface area contributed by atoms with Crippen molar-refractivity contribution in [1.82, 2.24) is 4.90 Å². The Morgan fingerprint density at radius 2 is 1.96 bits per heavy atom. The lowest BCUT2D eigenvalue weighted by Crippen LogP contribution is -3.14. The third-order valence-corrected chi connectivity index (χ3v) is 5.54. The van der Waals surface area contributed by atoms with Crippen LogP contribution >= 0.6 is 0 Å². The molecule has 1 saturated heterocycles. The van der Waals surface area contributed by atoms with Gasteiger partial charge in [-0.15, -0.1) is 0 Å². The van der Waals surface area contributed by atoms with Crippen molar-refractivity contribution in [3.8, 4) is 11.5 Å². The highest BCUT2D eigenvalue weighted by molar-refractivity contribution is 5.77. The average molecular weight is 376 g/mol. The van der Waals surface area contributed by atoms with Gasteiger partial charge in [0, 0.05) is 25.8 Å². The summed E-state index contributed by atoms with van der Waals surface area (Å²) in [5.41, 5.74) is 1.10. The minimum Gasteiger partial charge on any atom is -0.486 e. The van der Waals surface area contributed by atoms with Crippen LogP contribution < -0.4 is 14.4 Å². The zero-order chi connectivity index (χ0) is 19.4. The van der Waals surface area contributed by atoms with Crippen LogP contribution in [0.4, 0.5) is 0 Å². The monoisotopic (exact) mass is 375 g/mol. The number of likely N-dealkylation sites (tertiary alicyclic amines) is 1. The van der Waals surface area contributed by atoms with Crippen molar-refractivity contribution in [2.45, 2.75) is 59.5 Å². The minimum atomic E-state index is -0.00485. The molecule has 2 atom stereocenters. The van der Waals surface area contributed by atoms with E-state index in [-0.39, 0.29) is 11.3 Å². The standard InChI is InChI=1S/C22H34N2O3/c1-5-23-10-6-7-18(23)16-24(21(25)14-22(2,3)4)15-17-8-9-19-20(13-17)27-12-11-26-19/h8-9,13,18H,5-7,10-12,14-16H2,1-4H3/p+1/t18-/m0/s1. The fraction of sp³-hybridized carbons (Fsp3) is 0.682. The van der Waals surface area contributed by atoms with E-state index in [1.165, 1.54) is 19.4 Å². The maximum absolute atomic E-state index is 13.1. The minimum absolute atomic E-state index is 0.00485. The summed E-state index contributed by atoms with van der Waals surface area (Å²) in [4.78, 5) is 16.8. The number of likely N-dealkylation sites (N-methyl/N-ethyl adjacent to an activating group) is 1. The van der Waals surface area contributed by atoms with Gasteiger partial charge in [0.15, 0.2) is 11.5 Å². The number of hydrogen-bond acceptors (Lipinski definition) is 3. The SMILES string of the molecule is CC[NH+]1CCC[C@H]1CN(Cc1ccc2c(c1)OCCO2)C(=O)CC(C)(C)C. The van der Waals surface area contributed by atoms with E-state index in [0.29, 0.717) is 32.2 Å². The largest absolute Gasteiger partial charge is 0.486 e. The van der Waals surface area contributed by atoms with Gasteiger partial charge in [0.2, 0.25) is 5.91 Å². The van der Waals surface area contributed by atoms with E-state index in [0.717, 1.165) is 30.2 Å². The van der Waals surface area contributed by atoms with Gasteiger partial charge in [0.1, 0.15) is 19.3 Å². The van der Waals surface area contributed by atoms with Gasteiger partial charge in [0.25, 0.3) is 0 Å². The quantitative estimate of drug-likeness (QED) is 0.830. The third kappa shape index (κ3) is 5.38. The van der Waals surface area contributed by atoms with Gasteiger partial charge < -0.3 is 19.3 Å². The summed E-state index contributed by atoms with van der Waals surface area (Å²) in [6.45, 7) is 13.7. The number of hydrogen-bond donors (Lipinski definition) is 1. The molecular formula is C22H35N2O3+. The Balaban J connectivity index is 1.75. The van der Waals surface area contributed by atoms with Crippen molar-refractivity contribution in [1.29, 1.82) is 0 Å². The van der Waals surface area contributed by atoms with E-state index >= 15 is 0 Å². The number of rotatable bonds is 6. The smallest absolute Gasteiger partial charge is 0.223 e. The maximum atomic E-state index is 13.1. The number of amides is 1. The lowest BCUT2D eigenvalue weighted by molar-refractivity contribution is -0.909. The van der Waals surface area contributed by atoms with E-state index < -0.39 is 0 Å². The Morgan fingerprint density at radius 1 is 1.22 bits per heavy atom. The van der Waals surface area contributed by atoms with Crippen LogP contribution in [0, 0.1) is 5.41 Å². The lowest BCUT2D eigenvalue weighted by Gasteiger charge is -2.31. The Kier molecular flexibility index (Phi) is 6.30. The first-order valence-corrected chi connectivity index (χ1v) is 10.4. The fourth-order valence-corrected chi connectivity index (χ4v) is 4.16. The highest BCUT2D eigenvalue weighted by Crippen LogP contribution is 2.31. The molecule has 1 aromatic rings. The second kappa shape index (κ2) is 8.51. The van der Waals surface area contributed by atoms with Gasteiger partial charge in [-0.05, 0) is 30.0 Å². The molecule has 1 fully saturated rings. The maximum Gasteiger partial charge on any atom is 0.223 e. The van der Waals surface area contributed by atoms with Crippen LogP contribution in [-0.4, -0.2) is 49.7 Å². The van der Waals surface area contributed by atoms with Crippen LogP contribution in [-0.2, 0) is 11.3 Å². The topological polar surface area (TPSA) is 43.2 Å². The molecule has 2 heterocycles. The zero-order valence-corrected chi connectivity index (χ0v) is 17.3. The first-order chi connectivity index (χ1) is 12.9. The molecule has 0 aromatic heterocycles. The van der Waals surface area contributed by atoms with Gasteiger partial charge in [-0.2, -0.15) is 0 Å². The zero-order valence-electron chi connectivity index (χ0n) is 17.3. The van der Waals surface area contributed by atoms with Crippen LogP contribution in [0.1, 0.15) is 52.5 Å². The molecule has 0 spiro atoms. The molecule has 0 saturated carbocycles. The van der Waals surface area contributed by atoms with Crippen LogP contribution in [0.5, 0.6) is 11.5 Å². The van der Waals surface area contributed by atoms with E-state index in [1.807, 2.05) is 12.1 Å². The summed E-state index contributed by atoms with van der Waals surface area (Å²) in [7, 11) is 0. The van der Waals surface area contributed by atoms with Gasteiger partial charge in [-0.1, -0.05) is 26.8 Å². The van der Waals surface area contributed by atoms with Crippen molar-refractivity contribution >= 4 is 5.91 Å². The van der Waals surface area contributed by atoms with Crippen molar-refractivity contribution in [2.24, 2.45) is 5.41 Å². The van der Waals surface area contributed by atoms with Crippen LogP contribution in [0.2, 0.25) is 0 Å². The van der Waals surface area contributed by atoms with Gasteiger partial charge in [0.05, 0.1) is 19.6 Å². The summed E-state index contributed by atoms with van der Waals surface area (Å²) in [5.74, 6) is 1.85. The number of ether oxygens (including phenoxy) is 2. The van der Waals surface area contributed by atoms with E-state index in [4.69, 9.17) is 9.47 Å². The predicted octanol–water partition coefficient (Wildman–Crippen LogP) is 2.29. The lowest BCUT2D eigenvalue weighted by atomic mass is 9.91. The van der Waals surface area contributed by atoms with Crippen LogP contribution in [0.25, 0.3) is 0 Å². The Hall–Kier alpha value is -1.75. The normalized spacial score (nSPS) is 21.9. The highest BCUT2D eigenvalue weighted by Gasteiger charge is 2.31. The fourth-order valence-electron chi connectivity index (χ4n) is 4.16. The molecule has 1 amide bonds. The summed E-state index contributed by atoms with van der Waals surface area (Å²) in [5, 5.41) is 0. The van der Waals surface area contributed by atoms with E-state index in [1.54, 1.807) is 4.90 Å². The second-order valence-electron chi connectivity index (χ2n) is 9.09. The van der Waals surface area contributed by atoms with Gasteiger partial charge in [-0.25, -0.2) is 0 Å². The number of carbonyl (C=O) groups excluding carboxylic acids is 1. The van der Waals surface area contributed by atoms with Crippen molar-refractivity contribution in [3.05, 3.63) is 23.8 Å². The number of nitrogens with one attached hydrogen (secondary N) is 1. The molecule has 2 aliphatic heterocycles. The molecule has 1 aromatic carbocycles. The summed E-state index contributed by atoms with van der Waals surface area (Å²) in [6.07, 6.45) is 3.05. The van der Waals surface area contributed by atoms with E-state index in [9.17, 15) is 4.79 Å². The summed E-state index contributed by atoms with van der Waals surface area (Å²) in [6, 6.07) is 6.61. The van der Waals surface area contributed by atoms with Crippen molar-refractivity contribution in [3.63, 3.8) is 0 Å². The number of carbonyl (C=O) groups is 1. The van der Waals surface area contributed by atoms with Gasteiger partial charge in [-0.3, -0.25) is 4.79 Å². The molecule has 5 heteroatoms. The van der Waals surface area contributed by atoms with Crippen LogP contribution in [0.15, 0.2) is 18.2 Å². The molecule has 5 nitrogen and oxygen atoms in total. The molecule has 0 radical (unpaired) electrons. The Bertz CT molecular complexity index is 653. The molecule has 27 heavy (non-hydrogen) atoms. The second-order valence-corrected chi connectivity index (χ2v) is 9.09. The highest BCUT2D eigenvalue weighted by atomic mass is 16.6.